The third kappa shape index (κ3) is 2.65. The van der Waals surface area contributed by atoms with Gasteiger partial charge in [-0.3, -0.25) is 4.72 Å². The molecule has 0 unspecified atom stereocenters. The quantitative estimate of drug-likeness (QED) is 0.498. The summed E-state index contributed by atoms with van der Waals surface area (Å²) < 4.78 is 46.8. The van der Waals surface area contributed by atoms with Crippen LogP contribution in [0.3, 0.4) is 0 Å². The lowest BCUT2D eigenvalue weighted by atomic mass is 10.2. The first-order chi connectivity index (χ1) is 12.9. The van der Waals surface area contributed by atoms with Gasteiger partial charge in [-0.1, -0.05) is 12.1 Å². The van der Waals surface area contributed by atoms with E-state index in [9.17, 15) is 12.8 Å². The molecule has 0 atom stereocenters. The van der Waals surface area contributed by atoms with Crippen molar-refractivity contribution in [1.82, 2.24) is 15.0 Å². The lowest BCUT2D eigenvalue weighted by Crippen LogP contribution is -2.15. The molecule has 0 amide bonds. The van der Waals surface area contributed by atoms with Crippen LogP contribution < -0.4 is 9.46 Å². The van der Waals surface area contributed by atoms with E-state index in [2.05, 4.69) is 19.7 Å². The molecule has 0 spiro atoms. The maximum atomic E-state index is 14.2. The number of hydrogen-bond acceptors (Lipinski definition) is 5. The van der Waals surface area contributed by atoms with Gasteiger partial charge in [0.25, 0.3) is 10.0 Å². The minimum absolute atomic E-state index is 0.0569. The number of rotatable bonds is 4. The van der Waals surface area contributed by atoms with Gasteiger partial charge in [0.05, 0.1) is 18.1 Å². The zero-order valence-electron chi connectivity index (χ0n) is 13.9. The minimum Gasteiger partial charge on any atom is -0.480 e. The summed E-state index contributed by atoms with van der Waals surface area (Å²) in [5.41, 5.74) is 1.24. The molecular formula is C17H12FN5O3S. The molecule has 0 saturated heterocycles. The Balaban J connectivity index is 1.81. The second kappa shape index (κ2) is 6.00. The molecule has 4 aromatic rings. The number of fused-ring (bicyclic) bond motifs is 3. The van der Waals surface area contributed by atoms with Gasteiger partial charge in [0.15, 0.2) is 11.6 Å². The fraction of sp³-hybridized carbons (Fsp3) is 0.0588. The zero-order chi connectivity index (χ0) is 19.2. The van der Waals surface area contributed by atoms with Crippen LogP contribution in [0.2, 0.25) is 0 Å². The highest BCUT2D eigenvalue weighted by Crippen LogP contribution is 2.30. The number of benzene rings is 1. The van der Waals surface area contributed by atoms with Crippen molar-refractivity contribution in [2.24, 2.45) is 0 Å². The number of methoxy groups -OCH3 is 1. The summed E-state index contributed by atoms with van der Waals surface area (Å²) >= 11 is 0. The minimum atomic E-state index is -4.15. The number of nitrogens with zero attached hydrogens (tertiary/aromatic N) is 2. The van der Waals surface area contributed by atoms with Crippen LogP contribution in [0.25, 0.3) is 21.8 Å². The first-order valence-corrected chi connectivity index (χ1v) is 9.17. The van der Waals surface area contributed by atoms with E-state index in [1.807, 2.05) is 6.07 Å². The van der Waals surface area contributed by atoms with E-state index in [1.54, 1.807) is 24.4 Å². The fourth-order valence-electron chi connectivity index (χ4n) is 2.88. The summed E-state index contributed by atoms with van der Waals surface area (Å²) in [5, 5.41) is 10.3. The molecule has 10 heteroatoms. The van der Waals surface area contributed by atoms with Gasteiger partial charge < -0.3 is 14.7 Å². The van der Waals surface area contributed by atoms with E-state index in [-0.39, 0.29) is 16.3 Å². The number of aromatic nitrogens is 3. The molecular weight excluding hydrogens is 373 g/mol. The monoisotopic (exact) mass is 385 g/mol. The van der Waals surface area contributed by atoms with Gasteiger partial charge in [0.2, 0.25) is 5.88 Å². The predicted molar refractivity (Wildman–Crippen MR) is 96.4 cm³/mol. The van der Waals surface area contributed by atoms with Crippen molar-refractivity contribution in [3.8, 4) is 11.9 Å². The van der Waals surface area contributed by atoms with Gasteiger partial charge in [0, 0.05) is 29.2 Å². The molecule has 4 rings (SSSR count). The van der Waals surface area contributed by atoms with Crippen LogP contribution in [0, 0.1) is 17.1 Å². The van der Waals surface area contributed by atoms with Crippen molar-refractivity contribution in [2.75, 3.05) is 11.8 Å². The maximum absolute atomic E-state index is 14.2. The maximum Gasteiger partial charge on any atom is 0.265 e. The molecule has 0 radical (unpaired) electrons. The molecule has 3 aromatic heterocycles. The number of nitrogens with one attached hydrogen (secondary N) is 3. The molecule has 0 aliphatic heterocycles. The molecule has 8 nitrogen and oxygen atoms in total. The van der Waals surface area contributed by atoms with Crippen LogP contribution in [0.15, 0.2) is 41.6 Å². The molecule has 1 aromatic carbocycles. The number of pyridine rings is 1. The molecule has 3 N–H and O–H groups in total. The zero-order valence-corrected chi connectivity index (χ0v) is 14.7. The van der Waals surface area contributed by atoms with Crippen molar-refractivity contribution in [3.63, 3.8) is 0 Å². The molecule has 0 bridgehead atoms. The van der Waals surface area contributed by atoms with Gasteiger partial charge in [-0.25, -0.2) is 12.8 Å². The summed E-state index contributed by atoms with van der Waals surface area (Å²) in [6, 6.07) is 7.91. The Morgan fingerprint density at radius 1 is 1.26 bits per heavy atom. The Morgan fingerprint density at radius 2 is 2.07 bits per heavy atom. The first kappa shape index (κ1) is 16.9. The lowest BCUT2D eigenvalue weighted by Gasteiger charge is -2.09. The van der Waals surface area contributed by atoms with Crippen molar-refractivity contribution >= 4 is 37.6 Å². The highest BCUT2D eigenvalue weighted by Gasteiger charge is 2.23. The van der Waals surface area contributed by atoms with Gasteiger partial charge in [0.1, 0.15) is 16.5 Å². The Labute approximate surface area is 152 Å². The average molecular weight is 385 g/mol. The Morgan fingerprint density at radius 3 is 2.81 bits per heavy atom. The molecule has 0 fully saturated rings. The number of aromatic amines is 2. The number of H-pyrrole nitrogens is 2. The van der Waals surface area contributed by atoms with E-state index >= 15 is 0 Å². The van der Waals surface area contributed by atoms with Crippen LogP contribution in [-0.4, -0.2) is 30.5 Å². The average Bonchev–Trinajstić information content (AvgIpc) is 3.28. The summed E-state index contributed by atoms with van der Waals surface area (Å²) in [6.45, 7) is 0. The highest BCUT2D eigenvalue weighted by molar-refractivity contribution is 7.93. The lowest BCUT2D eigenvalue weighted by molar-refractivity contribution is 0.395. The van der Waals surface area contributed by atoms with Crippen molar-refractivity contribution in [1.29, 1.82) is 5.26 Å². The van der Waals surface area contributed by atoms with Gasteiger partial charge >= 0.3 is 0 Å². The van der Waals surface area contributed by atoms with Crippen LogP contribution in [0.5, 0.6) is 5.88 Å². The van der Waals surface area contributed by atoms with E-state index < -0.39 is 21.7 Å². The highest BCUT2D eigenvalue weighted by atomic mass is 32.2. The second-order valence-corrected chi connectivity index (χ2v) is 7.33. The van der Waals surface area contributed by atoms with Crippen molar-refractivity contribution < 1.29 is 17.5 Å². The third-order valence-electron chi connectivity index (χ3n) is 4.12. The standard InChI is InChI=1S/C17H12FN5O3S/c1-26-17-10(7-19)6-12(18)16(22-17)23-27(24,25)13-8-21-15-11(13)3-2-9-4-5-20-14(9)15/h2-6,8,20-21H,1H3,(H,22,23). The number of anilines is 1. The number of nitriles is 1. The molecule has 0 aliphatic carbocycles. The fourth-order valence-corrected chi connectivity index (χ4v) is 4.06. The topological polar surface area (TPSA) is 124 Å². The van der Waals surface area contributed by atoms with Gasteiger partial charge in [-0.05, 0) is 6.07 Å². The number of sulfonamides is 1. The summed E-state index contributed by atoms with van der Waals surface area (Å²) in [5.74, 6) is -1.72. The number of ether oxygens (including phenoxy) is 1. The summed E-state index contributed by atoms with van der Waals surface area (Å²) in [6.07, 6.45) is 3.08. The van der Waals surface area contributed by atoms with Gasteiger partial charge in [-0.15, -0.1) is 0 Å². The van der Waals surface area contributed by atoms with E-state index in [0.29, 0.717) is 10.9 Å². The summed E-state index contributed by atoms with van der Waals surface area (Å²) in [7, 11) is -2.90. The summed E-state index contributed by atoms with van der Waals surface area (Å²) in [4.78, 5) is 9.68. The van der Waals surface area contributed by atoms with Crippen LogP contribution >= 0.6 is 0 Å². The molecule has 136 valence electrons. The molecule has 0 aliphatic rings. The van der Waals surface area contributed by atoms with E-state index in [4.69, 9.17) is 10.00 Å². The first-order valence-electron chi connectivity index (χ1n) is 7.69. The van der Waals surface area contributed by atoms with E-state index in [1.165, 1.54) is 13.3 Å². The molecule has 3 heterocycles. The Kier molecular flexibility index (Phi) is 3.75. The van der Waals surface area contributed by atoms with Gasteiger partial charge in [-0.2, -0.15) is 10.2 Å². The largest absolute Gasteiger partial charge is 0.480 e. The molecule has 0 saturated carbocycles. The predicted octanol–water partition coefficient (Wildman–Crippen LogP) is 2.86. The Bertz CT molecular complexity index is 1330. The Hall–Kier alpha value is -3.58. The van der Waals surface area contributed by atoms with Crippen LogP contribution in [-0.2, 0) is 10.0 Å². The van der Waals surface area contributed by atoms with Crippen molar-refractivity contribution in [2.45, 2.75) is 4.90 Å². The smallest absolute Gasteiger partial charge is 0.265 e. The SMILES string of the molecule is COc1nc(NS(=O)(=O)c2c[nH]c3c2ccc2cc[nH]c23)c(F)cc1C#N. The normalized spacial score (nSPS) is 11.6. The van der Waals surface area contributed by atoms with Crippen LogP contribution in [0.1, 0.15) is 5.56 Å². The number of halogens is 1. The third-order valence-corrected chi connectivity index (χ3v) is 5.50. The van der Waals surface area contributed by atoms with Crippen LogP contribution in [0.4, 0.5) is 10.2 Å². The van der Waals surface area contributed by atoms with E-state index in [0.717, 1.165) is 17.0 Å². The number of hydrogen-bond donors (Lipinski definition) is 3. The van der Waals surface area contributed by atoms with Crippen molar-refractivity contribution in [3.05, 3.63) is 48.0 Å². The second-order valence-electron chi connectivity index (χ2n) is 5.68. The molecule has 27 heavy (non-hydrogen) atoms.